The number of ether oxygens (including phenoxy) is 1. The number of nitrogens with one attached hydrogen (secondary N) is 2. The van der Waals surface area contributed by atoms with Gasteiger partial charge in [0.1, 0.15) is 5.75 Å². The van der Waals surface area contributed by atoms with Crippen LogP contribution in [0.5, 0.6) is 5.75 Å². The number of carbonyl (C=O) groups excluding carboxylic acids is 1. The van der Waals surface area contributed by atoms with E-state index in [4.69, 9.17) is 9.84 Å². The van der Waals surface area contributed by atoms with Crippen LogP contribution in [0.25, 0.3) is 0 Å². The van der Waals surface area contributed by atoms with E-state index in [1.54, 1.807) is 6.92 Å². The lowest BCUT2D eigenvalue weighted by atomic mass is 10.2. The molecule has 1 aromatic heterocycles. The van der Waals surface area contributed by atoms with Crippen LogP contribution in [0.4, 0.5) is 16.3 Å². The lowest BCUT2D eigenvalue weighted by Crippen LogP contribution is -2.21. The van der Waals surface area contributed by atoms with Gasteiger partial charge in [0, 0.05) is 6.54 Å². The maximum Gasteiger partial charge on any atom is 0.335 e. The molecule has 0 saturated carbocycles. The van der Waals surface area contributed by atoms with E-state index in [-0.39, 0.29) is 5.56 Å². The zero-order valence-electron chi connectivity index (χ0n) is 15.5. The Morgan fingerprint density at radius 2 is 1.96 bits per heavy atom. The molecule has 9 nitrogen and oxygen atoms in total. The Labute approximate surface area is 157 Å². The highest BCUT2D eigenvalue weighted by Gasteiger charge is 2.13. The molecular weight excluding hydrogens is 350 g/mol. The summed E-state index contributed by atoms with van der Waals surface area (Å²) in [6.07, 6.45) is 3.74. The lowest BCUT2D eigenvalue weighted by Gasteiger charge is -2.15. The molecule has 2 amide bonds. The van der Waals surface area contributed by atoms with Crippen molar-refractivity contribution in [3.63, 3.8) is 0 Å². The molecule has 9 heteroatoms. The van der Waals surface area contributed by atoms with Crippen molar-refractivity contribution in [2.75, 3.05) is 37.9 Å². The van der Waals surface area contributed by atoms with E-state index in [1.807, 2.05) is 19.0 Å². The van der Waals surface area contributed by atoms with Crippen LogP contribution in [0.1, 0.15) is 22.5 Å². The Bertz CT molecular complexity index is 793. The number of aryl methyl sites for hydroxylation is 1. The van der Waals surface area contributed by atoms with E-state index in [9.17, 15) is 9.59 Å². The number of anilines is 2. The van der Waals surface area contributed by atoms with Crippen molar-refractivity contribution in [3.8, 4) is 5.75 Å². The lowest BCUT2D eigenvalue weighted by molar-refractivity contribution is 0.0696. The normalized spacial score (nSPS) is 10.5. The summed E-state index contributed by atoms with van der Waals surface area (Å²) < 4.78 is 5.68. The molecule has 0 aliphatic heterocycles. The molecule has 0 saturated heterocycles. The highest BCUT2D eigenvalue weighted by Crippen LogP contribution is 2.26. The topological polar surface area (TPSA) is 117 Å². The van der Waals surface area contributed by atoms with Gasteiger partial charge in [0.05, 0.1) is 35.9 Å². The summed E-state index contributed by atoms with van der Waals surface area (Å²) in [6, 6.07) is 3.75. The highest BCUT2D eigenvalue weighted by molar-refractivity contribution is 6.00. The summed E-state index contributed by atoms with van der Waals surface area (Å²) in [4.78, 5) is 33.5. The van der Waals surface area contributed by atoms with Gasteiger partial charge in [-0.3, -0.25) is 10.3 Å². The number of rotatable bonds is 8. The standard InChI is InChI=1S/C18H23N5O4/c1-12-10-20-16(11-19-12)22-18(26)21-14-6-5-13(17(24)25)9-15(14)27-8-4-7-23(2)3/h5-6,9-11H,4,7-8H2,1-3H3,(H,24,25)(H2,20,21,22,26). The van der Waals surface area contributed by atoms with Crippen LogP contribution in [0, 0.1) is 6.92 Å². The minimum absolute atomic E-state index is 0.0768. The minimum atomic E-state index is -1.07. The van der Waals surface area contributed by atoms with Gasteiger partial charge in [-0.1, -0.05) is 0 Å². The molecule has 0 bridgehead atoms. The summed E-state index contributed by atoms with van der Waals surface area (Å²) in [7, 11) is 3.91. The van der Waals surface area contributed by atoms with E-state index in [1.165, 1.54) is 30.6 Å². The molecule has 1 aromatic carbocycles. The average molecular weight is 373 g/mol. The summed E-state index contributed by atoms with van der Waals surface area (Å²) in [5, 5.41) is 14.4. The third-order valence-electron chi connectivity index (χ3n) is 3.51. The third-order valence-corrected chi connectivity index (χ3v) is 3.51. The Morgan fingerprint density at radius 1 is 1.19 bits per heavy atom. The first-order chi connectivity index (χ1) is 12.8. The fourth-order valence-electron chi connectivity index (χ4n) is 2.17. The van der Waals surface area contributed by atoms with Crippen LogP contribution in [-0.4, -0.2) is 59.2 Å². The third kappa shape index (κ3) is 6.55. The summed E-state index contributed by atoms with van der Waals surface area (Å²) in [6.45, 7) is 3.01. The molecule has 3 N–H and O–H groups in total. The number of hydrogen-bond acceptors (Lipinski definition) is 6. The van der Waals surface area contributed by atoms with Gasteiger partial charge in [-0.2, -0.15) is 0 Å². The van der Waals surface area contributed by atoms with E-state index >= 15 is 0 Å². The molecule has 0 radical (unpaired) electrons. The second-order valence-electron chi connectivity index (χ2n) is 6.14. The Morgan fingerprint density at radius 3 is 2.59 bits per heavy atom. The van der Waals surface area contributed by atoms with Crippen LogP contribution >= 0.6 is 0 Å². The molecule has 0 atom stereocenters. The highest BCUT2D eigenvalue weighted by atomic mass is 16.5. The van der Waals surface area contributed by atoms with Gasteiger partial charge in [0.25, 0.3) is 0 Å². The molecule has 2 rings (SSSR count). The fraction of sp³-hybridized carbons (Fsp3) is 0.333. The number of carbonyl (C=O) groups is 2. The zero-order chi connectivity index (χ0) is 19.8. The number of nitrogens with zero attached hydrogens (tertiary/aromatic N) is 3. The molecular formula is C18H23N5O4. The van der Waals surface area contributed by atoms with Gasteiger partial charge in [-0.25, -0.2) is 14.6 Å². The van der Waals surface area contributed by atoms with Crippen molar-refractivity contribution in [1.82, 2.24) is 14.9 Å². The monoisotopic (exact) mass is 373 g/mol. The number of urea groups is 1. The van der Waals surface area contributed by atoms with Crippen molar-refractivity contribution in [3.05, 3.63) is 41.9 Å². The van der Waals surface area contributed by atoms with E-state index in [0.29, 0.717) is 23.9 Å². The summed E-state index contributed by atoms with van der Waals surface area (Å²) >= 11 is 0. The van der Waals surface area contributed by atoms with E-state index in [2.05, 4.69) is 20.6 Å². The van der Waals surface area contributed by atoms with Gasteiger partial charge in [-0.15, -0.1) is 0 Å². The quantitative estimate of drug-likeness (QED) is 0.609. The average Bonchev–Trinajstić information content (AvgIpc) is 2.61. The van der Waals surface area contributed by atoms with Crippen molar-refractivity contribution >= 4 is 23.5 Å². The first-order valence-corrected chi connectivity index (χ1v) is 8.36. The van der Waals surface area contributed by atoms with Gasteiger partial charge in [-0.05, 0) is 45.6 Å². The zero-order valence-corrected chi connectivity index (χ0v) is 15.5. The molecule has 0 unspecified atom stereocenters. The maximum absolute atomic E-state index is 12.2. The van der Waals surface area contributed by atoms with Crippen LogP contribution in [0.15, 0.2) is 30.6 Å². The van der Waals surface area contributed by atoms with Crippen LogP contribution in [-0.2, 0) is 0 Å². The molecule has 0 aliphatic carbocycles. The molecule has 1 heterocycles. The van der Waals surface area contributed by atoms with Gasteiger partial charge < -0.3 is 20.1 Å². The number of hydrogen-bond donors (Lipinski definition) is 3. The number of carboxylic acids is 1. The number of carboxylic acid groups (broad SMARTS) is 1. The number of benzene rings is 1. The second-order valence-corrected chi connectivity index (χ2v) is 6.14. The molecule has 0 spiro atoms. The van der Waals surface area contributed by atoms with Crippen LogP contribution in [0.3, 0.4) is 0 Å². The summed E-state index contributed by atoms with van der Waals surface area (Å²) in [5.74, 6) is -0.480. The van der Waals surface area contributed by atoms with Crippen molar-refractivity contribution in [1.29, 1.82) is 0 Å². The maximum atomic E-state index is 12.2. The second kappa shape index (κ2) is 9.48. The first kappa shape index (κ1) is 20.1. The molecule has 27 heavy (non-hydrogen) atoms. The first-order valence-electron chi connectivity index (χ1n) is 8.36. The number of aromatic carboxylic acids is 1. The van der Waals surface area contributed by atoms with Crippen LogP contribution in [0.2, 0.25) is 0 Å². The fourth-order valence-corrected chi connectivity index (χ4v) is 2.17. The SMILES string of the molecule is Cc1cnc(NC(=O)Nc2ccc(C(=O)O)cc2OCCCN(C)C)cn1. The van der Waals surface area contributed by atoms with E-state index in [0.717, 1.165) is 18.7 Å². The van der Waals surface area contributed by atoms with Gasteiger partial charge >= 0.3 is 12.0 Å². The van der Waals surface area contributed by atoms with Crippen molar-refractivity contribution in [2.24, 2.45) is 0 Å². The Kier molecular flexibility index (Phi) is 7.07. The smallest absolute Gasteiger partial charge is 0.335 e. The molecule has 144 valence electrons. The van der Waals surface area contributed by atoms with Crippen molar-refractivity contribution < 1.29 is 19.4 Å². The van der Waals surface area contributed by atoms with Gasteiger partial charge in [0.2, 0.25) is 0 Å². The largest absolute Gasteiger partial charge is 0.491 e. The van der Waals surface area contributed by atoms with E-state index < -0.39 is 12.0 Å². The Hall–Kier alpha value is -3.20. The number of amides is 2. The van der Waals surface area contributed by atoms with Crippen molar-refractivity contribution in [2.45, 2.75) is 13.3 Å². The van der Waals surface area contributed by atoms with Crippen LogP contribution < -0.4 is 15.4 Å². The molecule has 0 fully saturated rings. The number of aromatic nitrogens is 2. The Balaban J connectivity index is 2.07. The van der Waals surface area contributed by atoms with Gasteiger partial charge in [0.15, 0.2) is 5.82 Å². The predicted octanol–water partition coefficient (Wildman–Crippen LogP) is 2.46. The minimum Gasteiger partial charge on any atom is -0.491 e. The molecule has 0 aliphatic rings. The molecule has 2 aromatic rings. The predicted molar refractivity (Wildman–Crippen MR) is 101 cm³/mol. The summed E-state index contributed by atoms with van der Waals surface area (Å²) in [5.41, 5.74) is 1.18.